The van der Waals surface area contributed by atoms with Crippen LogP contribution in [0.2, 0.25) is 5.02 Å². The Bertz CT molecular complexity index is 602. The minimum Gasteiger partial charge on any atom is -0.469 e. The van der Waals surface area contributed by atoms with Gasteiger partial charge in [-0.05, 0) is 30.0 Å². The van der Waals surface area contributed by atoms with E-state index in [-0.39, 0.29) is 10.7 Å². The van der Waals surface area contributed by atoms with E-state index in [0.717, 1.165) is 0 Å². The maximum absolute atomic E-state index is 11.9. The second-order valence-corrected chi connectivity index (χ2v) is 4.90. The molecule has 9 heteroatoms. The Labute approximate surface area is 131 Å². The van der Waals surface area contributed by atoms with Crippen LogP contribution in [-0.2, 0) is 9.53 Å². The first-order chi connectivity index (χ1) is 10.5. The summed E-state index contributed by atoms with van der Waals surface area (Å²) in [6, 6.07) is 3.96. The molecule has 0 saturated carbocycles. The number of non-ortho nitro benzene ring substituents is 1. The number of ether oxygens (including phenoxy) is 1. The summed E-state index contributed by atoms with van der Waals surface area (Å²) in [5.74, 6) is -1.20. The van der Waals surface area contributed by atoms with E-state index in [1.54, 1.807) is 0 Å². The average molecular weight is 327 g/mol. The van der Waals surface area contributed by atoms with Crippen LogP contribution in [0.4, 0.5) is 5.69 Å². The highest BCUT2D eigenvalue weighted by atomic mass is 35.5. The Hall–Kier alpha value is -2.31. The van der Waals surface area contributed by atoms with Crippen molar-refractivity contribution in [2.24, 2.45) is 5.11 Å². The number of esters is 1. The SMILES string of the molecule is COC(=O)C(CCCCN=[N+]=[N-])c1cc([N+](=O)[O-])ccc1Cl. The van der Waals surface area contributed by atoms with Crippen molar-refractivity contribution in [3.8, 4) is 0 Å². The summed E-state index contributed by atoms with van der Waals surface area (Å²) in [7, 11) is 1.25. The van der Waals surface area contributed by atoms with E-state index in [4.69, 9.17) is 21.9 Å². The molecule has 0 fully saturated rings. The molecule has 1 unspecified atom stereocenters. The molecule has 8 nitrogen and oxygen atoms in total. The molecule has 22 heavy (non-hydrogen) atoms. The van der Waals surface area contributed by atoms with Crippen LogP contribution in [0.15, 0.2) is 23.3 Å². The van der Waals surface area contributed by atoms with Crippen LogP contribution < -0.4 is 0 Å². The van der Waals surface area contributed by atoms with Crippen LogP contribution in [0.3, 0.4) is 0 Å². The van der Waals surface area contributed by atoms with Crippen molar-refractivity contribution < 1.29 is 14.5 Å². The largest absolute Gasteiger partial charge is 0.469 e. The number of nitro groups is 1. The lowest BCUT2D eigenvalue weighted by Crippen LogP contribution is -2.15. The molecule has 118 valence electrons. The van der Waals surface area contributed by atoms with Crippen LogP contribution in [0.25, 0.3) is 10.4 Å². The number of methoxy groups -OCH3 is 1. The quantitative estimate of drug-likeness (QED) is 0.136. The summed E-state index contributed by atoms with van der Waals surface area (Å²) in [4.78, 5) is 24.9. The van der Waals surface area contributed by atoms with Gasteiger partial charge in [0.1, 0.15) is 0 Å². The average Bonchev–Trinajstić information content (AvgIpc) is 2.51. The lowest BCUT2D eigenvalue weighted by Gasteiger charge is -2.16. The van der Waals surface area contributed by atoms with Gasteiger partial charge < -0.3 is 4.74 Å². The number of unbranched alkanes of at least 4 members (excludes halogenated alkanes) is 1. The molecule has 0 spiro atoms. The van der Waals surface area contributed by atoms with Crippen molar-refractivity contribution in [2.45, 2.75) is 25.2 Å². The van der Waals surface area contributed by atoms with E-state index in [1.165, 1.54) is 25.3 Å². The Kier molecular flexibility index (Phi) is 7.15. The maximum Gasteiger partial charge on any atom is 0.313 e. The zero-order chi connectivity index (χ0) is 16.5. The number of azide groups is 1. The zero-order valence-corrected chi connectivity index (χ0v) is 12.7. The third kappa shape index (κ3) is 4.91. The zero-order valence-electron chi connectivity index (χ0n) is 11.9. The fourth-order valence-corrected chi connectivity index (χ4v) is 2.28. The molecule has 1 rings (SSSR count). The fourth-order valence-electron chi connectivity index (χ4n) is 2.03. The Morgan fingerprint density at radius 3 is 2.86 bits per heavy atom. The summed E-state index contributed by atoms with van der Waals surface area (Å²) in [5.41, 5.74) is 8.43. The van der Waals surface area contributed by atoms with E-state index in [0.29, 0.717) is 31.4 Å². The highest BCUT2D eigenvalue weighted by molar-refractivity contribution is 6.31. The lowest BCUT2D eigenvalue weighted by molar-refractivity contribution is -0.384. The van der Waals surface area contributed by atoms with Crippen LogP contribution >= 0.6 is 11.6 Å². The third-order valence-electron chi connectivity index (χ3n) is 3.12. The number of carbonyl (C=O) groups is 1. The van der Waals surface area contributed by atoms with Crippen molar-refractivity contribution in [3.63, 3.8) is 0 Å². The van der Waals surface area contributed by atoms with E-state index in [2.05, 4.69) is 10.0 Å². The molecule has 0 aliphatic rings. The first-order valence-electron chi connectivity index (χ1n) is 6.53. The van der Waals surface area contributed by atoms with Gasteiger partial charge in [0.25, 0.3) is 5.69 Å². The molecule has 0 heterocycles. The van der Waals surface area contributed by atoms with Gasteiger partial charge in [-0.25, -0.2) is 0 Å². The minimum absolute atomic E-state index is 0.137. The third-order valence-corrected chi connectivity index (χ3v) is 3.46. The summed E-state index contributed by atoms with van der Waals surface area (Å²) in [6.45, 7) is 0.326. The van der Waals surface area contributed by atoms with Crippen LogP contribution in [0.5, 0.6) is 0 Å². The molecule has 0 radical (unpaired) electrons. The molecule has 0 aliphatic heterocycles. The Balaban J connectivity index is 2.96. The molecule has 0 bridgehead atoms. The number of hydrogen-bond acceptors (Lipinski definition) is 5. The monoisotopic (exact) mass is 326 g/mol. The van der Waals surface area contributed by atoms with Gasteiger partial charge in [0.15, 0.2) is 0 Å². The smallest absolute Gasteiger partial charge is 0.313 e. The topological polar surface area (TPSA) is 118 Å². The number of halogens is 1. The van der Waals surface area contributed by atoms with Gasteiger partial charge in [0.2, 0.25) is 0 Å². The number of nitrogens with zero attached hydrogens (tertiary/aromatic N) is 4. The molecule has 0 aliphatic carbocycles. The molecular weight excluding hydrogens is 312 g/mol. The molecule has 0 aromatic heterocycles. The van der Waals surface area contributed by atoms with Crippen LogP contribution in [0, 0.1) is 10.1 Å². The Morgan fingerprint density at radius 2 is 2.27 bits per heavy atom. The normalized spacial score (nSPS) is 11.4. The van der Waals surface area contributed by atoms with E-state index >= 15 is 0 Å². The van der Waals surface area contributed by atoms with Gasteiger partial charge in [-0.15, -0.1) is 0 Å². The van der Waals surface area contributed by atoms with Crippen molar-refractivity contribution >= 4 is 23.3 Å². The Morgan fingerprint density at radius 1 is 1.55 bits per heavy atom. The van der Waals surface area contributed by atoms with Gasteiger partial charge in [-0.3, -0.25) is 14.9 Å². The summed E-state index contributed by atoms with van der Waals surface area (Å²) < 4.78 is 4.75. The number of nitro benzene ring substituents is 1. The number of benzene rings is 1. The van der Waals surface area contributed by atoms with E-state index in [1.807, 2.05) is 0 Å². The predicted molar refractivity (Wildman–Crippen MR) is 80.7 cm³/mol. The molecule has 1 atom stereocenters. The molecule has 1 aromatic rings. The highest BCUT2D eigenvalue weighted by Gasteiger charge is 2.25. The predicted octanol–water partition coefficient (Wildman–Crippen LogP) is 3.99. The van der Waals surface area contributed by atoms with E-state index in [9.17, 15) is 14.9 Å². The van der Waals surface area contributed by atoms with Gasteiger partial charge in [0.05, 0.1) is 18.0 Å². The summed E-state index contributed by atoms with van der Waals surface area (Å²) >= 11 is 6.06. The van der Waals surface area contributed by atoms with Gasteiger partial charge in [-0.1, -0.05) is 23.1 Å². The fraction of sp³-hybridized carbons (Fsp3) is 0.462. The molecule has 1 aromatic carbocycles. The van der Waals surface area contributed by atoms with Crippen LogP contribution in [0.1, 0.15) is 30.7 Å². The van der Waals surface area contributed by atoms with Crippen molar-refractivity contribution in [3.05, 3.63) is 49.3 Å². The molecule has 0 saturated heterocycles. The van der Waals surface area contributed by atoms with Crippen LogP contribution in [-0.4, -0.2) is 24.5 Å². The minimum atomic E-state index is -0.691. The number of rotatable bonds is 8. The number of carbonyl (C=O) groups excluding carboxylic acids is 1. The van der Waals surface area contributed by atoms with Crippen molar-refractivity contribution in [1.29, 1.82) is 0 Å². The molecule has 0 amide bonds. The highest BCUT2D eigenvalue weighted by Crippen LogP contribution is 2.32. The number of hydrogen-bond donors (Lipinski definition) is 0. The lowest BCUT2D eigenvalue weighted by atomic mass is 9.93. The maximum atomic E-state index is 11.9. The van der Waals surface area contributed by atoms with Crippen molar-refractivity contribution in [2.75, 3.05) is 13.7 Å². The summed E-state index contributed by atoms with van der Waals surface area (Å²) in [6.07, 6.45) is 1.59. The van der Waals surface area contributed by atoms with Gasteiger partial charge >= 0.3 is 5.97 Å². The molecular formula is C13H15ClN4O4. The first-order valence-corrected chi connectivity index (χ1v) is 6.91. The molecule has 0 N–H and O–H groups in total. The van der Waals surface area contributed by atoms with E-state index < -0.39 is 16.8 Å². The first kappa shape index (κ1) is 17.7. The van der Waals surface area contributed by atoms with Crippen molar-refractivity contribution in [1.82, 2.24) is 0 Å². The van der Waals surface area contributed by atoms with Gasteiger partial charge in [-0.2, -0.15) is 0 Å². The standard InChI is InChI=1S/C13H15ClN4O4/c1-22-13(19)10(4-2-3-7-16-17-15)11-8-9(18(20)21)5-6-12(11)14/h5-6,8,10H,2-4,7H2,1H3. The second kappa shape index (κ2) is 8.86. The summed E-state index contributed by atoms with van der Waals surface area (Å²) in [5, 5.41) is 14.5. The van der Waals surface area contributed by atoms with Gasteiger partial charge in [0, 0.05) is 28.6 Å². The second-order valence-electron chi connectivity index (χ2n) is 4.49.